The van der Waals surface area contributed by atoms with E-state index >= 15 is 0 Å². The van der Waals surface area contributed by atoms with Crippen LogP contribution in [-0.4, -0.2) is 62.7 Å². The quantitative estimate of drug-likeness (QED) is 0.321. The number of carbonyl (C=O) groups is 2. The van der Waals surface area contributed by atoms with E-state index in [0.717, 1.165) is 29.8 Å². The van der Waals surface area contributed by atoms with E-state index in [1.807, 2.05) is 87.5 Å². The van der Waals surface area contributed by atoms with Crippen LogP contribution in [0.1, 0.15) is 29.2 Å². The molecule has 2 amide bonds. The van der Waals surface area contributed by atoms with E-state index in [1.54, 1.807) is 6.07 Å². The summed E-state index contributed by atoms with van der Waals surface area (Å²) >= 11 is 3.49. The predicted molar refractivity (Wildman–Crippen MR) is 163 cm³/mol. The number of rotatable bonds is 12. The lowest BCUT2D eigenvalue weighted by molar-refractivity contribution is -0.140. The fourth-order valence-corrected chi connectivity index (χ4v) is 5.93. The molecule has 3 rings (SSSR count). The molecule has 40 heavy (non-hydrogen) atoms. The van der Waals surface area contributed by atoms with Crippen molar-refractivity contribution in [3.05, 3.63) is 99.5 Å². The molecule has 0 aliphatic carbocycles. The Morgan fingerprint density at radius 1 is 0.925 bits per heavy atom. The molecule has 0 bridgehead atoms. The van der Waals surface area contributed by atoms with E-state index in [1.165, 1.54) is 19.0 Å². The fraction of sp³-hybridized carbons (Fsp3) is 0.333. The second kappa shape index (κ2) is 13.9. The SMILES string of the molecule is CCNC(=O)C(Cc1ccccc1)N(Cc1cccc(Br)c1)C(=O)CN(c1cc(C)ccc1C)S(=O)(=O)N(C)C. The van der Waals surface area contributed by atoms with E-state index in [-0.39, 0.29) is 18.9 Å². The van der Waals surface area contributed by atoms with Crippen molar-refractivity contribution in [3.63, 3.8) is 0 Å². The highest BCUT2D eigenvalue weighted by atomic mass is 79.9. The number of nitrogens with zero attached hydrogens (tertiary/aromatic N) is 3. The molecule has 0 fully saturated rings. The molecule has 0 spiro atoms. The summed E-state index contributed by atoms with van der Waals surface area (Å²) in [5, 5.41) is 2.87. The van der Waals surface area contributed by atoms with Gasteiger partial charge >= 0.3 is 10.2 Å². The normalized spacial score (nSPS) is 12.2. The summed E-state index contributed by atoms with van der Waals surface area (Å²) in [4.78, 5) is 29.2. The molecule has 3 aromatic carbocycles. The number of aryl methyl sites for hydroxylation is 2. The third kappa shape index (κ3) is 7.93. The van der Waals surface area contributed by atoms with Crippen molar-refractivity contribution in [2.45, 2.75) is 39.8 Å². The molecule has 1 unspecified atom stereocenters. The summed E-state index contributed by atoms with van der Waals surface area (Å²) in [6, 6.07) is 21.6. The Bertz CT molecular complexity index is 1430. The van der Waals surface area contributed by atoms with Crippen LogP contribution in [0.3, 0.4) is 0 Å². The summed E-state index contributed by atoms with van der Waals surface area (Å²) in [6.45, 7) is 5.55. The highest BCUT2D eigenvalue weighted by Gasteiger charge is 2.35. The molecule has 0 aliphatic heterocycles. The van der Waals surface area contributed by atoms with E-state index in [4.69, 9.17) is 0 Å². The van der Waals surface area contributed by atoms with Crippen molar-refractivity contribution < 1.29 is 18.0 Å². The smallest absolute Gasteiger partial charge is 0.304 e. The van der Waals surface area contributed by atoms with Gasteiger partial charge in [0.25, 0.3) is 0 Å². The third-order valence-electron chi connectivity index (χ3n) is 6.52. The first-order chi connectivity index (χ1) is 18.9. The van der Waals surface area contributed by atoms with E-state index in [0.29, 0.717) is 17.8 Å². The van der Waals surface area contributed by atoms with Crippen LogP contribution < -0.4 is 9.62 Å². The summed E-state index contributed by atoms with van der Waals surface area (Å²) in [6.07, 6.45) is 0.274. The van der Waals surface area contributed by atoms with Gasteiger partial charge in [0.15, 0.2) is 0 Å². The van der Waals surface area contributed by atoms with Crippen molar-refractivity contribution in [3.8, 4) is 0 Å². The second-order valence-corrected chi connectivity index (χ2v) is 12.8. The number of hydrogen-bond acceptors (Lipinski definition) is 4. The highest BCUT2D eigenvalue weighted by Crippen LogP contribution is 2.26. The Balaban J connectivity index is 2.11. The summed E-state index contributed by atoms with van der Waals surface area (Å²) in [5.41, 5.74) is 3.69. The van der Waals surface area contributed by atoms with Gasteiger partial charge in [-0.25, -0.2) is 4.31 Å². The zero-order valence-electron chi connectivity index (χ0n) is 23.6. The molecule has 0 aliphatic rings. The lowest BCUT2D eigenvalue weighted by Crippen LogP contribution is -2.54. The van der Waals surface area contributed by atoms with Gasteiger partial charge in [-0.2, -0.15) is 12.7 Å². The standard InChI is InChI=1S/C30H37BrN4O4S/c1-6-32-30(37)28(19-24-11-8-7-9-12-24)34(20-25-13-10-14-26(31)18-25)29(36)21-35(40(38,39)33(4)5)27-17-22(2)15-16-23(27)3/h7-18,28H,6,19-21H2,1-5H3,(H,32,37). The van der Waals surface area contributed by atoms with Crippen LogP contribution in [-0.2, 0) is 32.8 Å². The van der Waals surface area contributed by atoms with Crippen molar-refractivity contribution in [1.29, 1.82) is 0 Å². The number of halogens is 1. The average molecular weight is 630 g/mol. The molecule has 10 heteroatoms. The molecule has 0 aromatic heterocycles. The third-order valence-corrected chi connectivity index (χ3v) is 8.82. The van der Waals surface area contributed by atoms with Crippen LogP contribution in [0, 0.1) is 13.8 Å². The molecule has 0 saturated carbocycles. The number of benzene rings is 3. The second-order valence-electron chi connectivity index (χ2n) is 9.84. The maximum Gasteiger partial charge on any atom is 0.304 e. The fourth-order valence-electron chi connectivity index (χ4n) is 4.37. The molecular weight excluding hydrogens is 592 g/mol. The van der Waals surface area contributed by atoms with Crippen molar-refractivity contribution in [1.82, 2.24) is 14.5 Å². The molecule has 8 nitrogen and oxygen atoms in total. The molecule has 1 N–H and O–H groups in total. The van der Waals surface area contributed by atoms with E-state index < -0.39 is 28.7 Å². The van der Waals surface area contributed by atoms with Crippen LogP contribution in [0.25, 0.3) is 0 Å². The van der Waals surface area contributed by atoms with Crippen LogP contribution in [0.4, 0.5) is 5.69 Å². The van der Waals surface area contributed by atoms with Gasteiger partial charge in [-0.05, 0) is 61.2 Å². The topological polar surface area (TPSA) is 90.0 Å². The Hall–Kier alpha value is -3.21. The first-order valence-corrected chi connectivity index (χ1v) is 15.3. The maximum absolute atomic E-state index is 14.2. The van der Waals surface area contributed by atoms with Crippen molar-refractivity contribution in [2.24, 2.45) is 0 Å². The van der Waals surface area contributed by atoms with E-state index in [2.05, 4.69) is 21.2 Å². The number of anilines is 1. The lowest BCUT2D eigenvalue weighted by atomic mass is 10.0. The average Bonchev–Trinajstić information content (AvgIpc) is 2.91. The zero-order chi connectivity index (χ0) is 29.4. The molecule has 0 heterocycles. The van der Waals surface area contributed by atoms with Gasteiger partial charge in [0, 0.05) is 38.1 Å². The number of carbonyl (C=O) groups excluding carboxylic acids is 2. The summed E-state index contributed by atoms with van der Waals surface area (Å²) < 4.78 is 30.1. The lowest BCUT2D eigenvalue weighted by Gasteiger charge is -2.34. The van der Waals surface area contributed by atoms with Crippen LogP contribution in [0.2, 0.25) is 0 Å². The van der Waals surface area contributed by atoms with Gasteiger partial charge in [0.1, 0.15) is 12.6 Å². The number of likely N-dealkylation sites (N-methyl/N-ethyl adjacent to an activating group) is 1. The zero-order valence-corrected chi connectivity index (χ0v) is 26.0. The van der Waals surface area contributed by atoms with Gasteiger partial charge in [-0.1, -0.05) is 70.5 Å². The van der Waals surface area contributed by atoms with Gasteiger partial charge in [0.2, 0.25) is 11.8 Å². The Kier molecular flexibility index (Phi) is 10.9. The monoisotopic (exact) mass is 628 g/mol. The Morgan fingerprint density at radius 2 is 1.60 bits per heavy atom. The predicted octanol–water partition coefficient (Wildman–Crippen LogP) is 4.45. The van der Waals surface area contributed by atoms with Crippen molar-refractivity contribution in [2.75, 3.05) is 31.5 Å². The largest absolute Gasteiger partial charge is 0.355 e. The van der Waals surface area contributed by atoms with Crippen LogP contribution in [0.15, 0.2) is 77.3 Å². The van der Waals surface area contributed by atoms with Crippen molar-refractivity contribution >= 4 is 43.6 Å². The summed E-state index contributed by atoms with van der Waals surface area (Å²) in [7, 11) is -1.17. The van der Waals surface area contributed by atoms with E-state index in [9.17, 15) is 18.0 Å². The minimum Gasteiger partial charge on any atom is -0.355 e. The molecule has 3 aromatic rings. The Morgan fingerprint density at radius 3 is 2.23 bits per heavy atom. The Labute approximate surface area is 246 Å². The maximum atomic E-state index is 14.2. The van der Waals surface area contributed by atoms with Crippen LogP contribution >= 0.6 is 15.9 Å². The minimum atomic E-state index is -4.04. The molecule has 0 radical (unpaired) electrons. The summed E-state index contributed by atoms with van der Waals surface area (Å²) in [5.74, 6) is -0.790. The number of hydrogen-bond donors (Lipinski definition) is 1. The molecule has 214 valence electrons. The number of nitrogens with one attached hydrogen (secondary N) is 1. The molecule has 0 saturated heterocycles. The van der Waals surface area contributed by atoms with Crippen LogP contribution in [0.5, 0.6) is 0 Å². The minimum absolute atomic E-state index is 0.121. The van der Waals surface area contributed by atoms with Gasteiger partial charge in [-0.3, -0.25) is 9.59 Å². The first-order valence-electron chi connectivity index (χ1n) is 13.1. The first kappa shape index (κ1) is 31.3. The molecular formula is C30H37BrN4O4S. The molecule has 1 atom stereocenters. The van der Waals surface area contributed by atoms with Gasteiger partial charge < -0.3 is 10.2 Å². The number of amides is 2. The highest BCUT2D eigenvalue weighted by molar-refractivity contribution is 9.10. The van der Waals surface area contributed by atoms with Gasteiger partial charge in [0.05, 0.1) is 5.69 Å². The van der Waals surface area contributed by atoms with Gasteiger partial charge in [-0.15, -0.1) is 0 Å².